The van der Waals surface area contributed by atoms with E-state index in [0.717, 1.165) is 18.2 Å². The van der Waals surface area contributed by atoms with Gasteiger partial charge in [0, 0.05) is 12.1 Å². The summed E-state index contributed by atoms with van der Waals surface area (Å²) in [6.45, 7) is 0.570. The second-order valence-electron chi connectivity index (χ2n) is 5.76. The summed E-state index contributed by atoms with van der Waals surface area (Å²) in [6, 6.07) is 4.47. The van der Waals surface area contributed by atoms with Crippen LogP contribution in [0.15, 0.2) is 30.8 Å². The van der Waals surface area contributed by atoms with E-state index in [1.165, 1.54) is 12.1 Å². The molecule has 10 nitrogen and oxygen atoms in total. The van der Waals surface area contributed by atoms with Gasteiger partial charge in [0.1, 0.15) is 18.2 Å². The highest BCUT2D eigenvalue weighted by Gasteiger charge is 2.29. The number of nitrogens with one attached hydrogen (secondary N) is 2. The molecule has 0 aliphatic rings. The smallest absolute Gasteiger partial charge is 0.355 e. The molecule has 2 aromatic heterocycles. The molecule has 2 heterocycles. The molecule has 0 aliphatic carbocycles. The van der Waals surface area contributed by atoms with E-state index in [1.54, 1.807) is 0 Å². The van der Waals surface area contributed by atoms with E-state index >= 15 is 0 Å². The van der Waals surface area contributed by atoms with Crippen LogP contribution in [0.2, 0.25) is 5.15 Å². The van der Waals surface area contributed by atoms with Crippen molar-refractivity contribution in [1.82, 2.24) is 9.97 Å². The summed E-state index contributed by atoms with van der Waals surface area (Å²) in [5.41, 5.74) is -0.825. The zero-order valence-corrected chi connectivity index (χ0v) is 16.8. The summed E-state index contributed by atoms with van der Waals surface area (Å²) in [7, 11) is 0. The number of aromatic nitrogens is 2. The van der Waals surface area contributed by atoms with Crippen molar-refractivity contribution in [2.24, 2.45) is 0 Å². The summed E-state index contributed by atoms with van der Waals surface area (Å²) in [5.74, 6) is -0.931. The van der Waals surface area contributed by atoms with Crippen molar-refractivity contribution in [2.45, 2.75) is 12.4 Å². The van der Waals surface area contributed by atoms with Gasteiger partial charge in [0.05, 0.1) is 15.5 Å². The van der Waals surface area contributed by atoms with Crippen LogP contribution in [0.25, 0.3) is 6.08 Å². The van der Waals surface area contributed by atoms with E-state index in [4.69, 9.17) is 11.6 Å². The van der Waals surface area contributed by atoms with Gasteiger partial charge in [-0.05, 0) is 18.2 Å². The molecule has 2 rings (SSSR count). The van der Waals surface area contributed by atoms with Crippen LogP contribution in [0.1, 0.15) is 5.69 Å². The number of rotatable bonds is 7. The van der Waals surface area contributed by atoms with Crippen LogP contribution in [-0.2, 0) is 0 Å². The molecule has 0 amide bonds. The van der Waals surface area contributed by atoms with Gasteiger partial charge in [-0.2, -0.15) is 26.3 Å². The number of nitro groups is 2. The largest absolute Gasteiger partial charge is 0.405 e. The van der Waals surface area contributed by atoms with Crippen molar-refractivity contribution in [1.29, 1.82) is 0 Å². The van der Waals surface area contributed by atoms with Crippen LogP contribution in [-0.4, -0.2) is 45.3 Å². The van der Waals surface area contributed by atoms with Crippen LogP contribution >= 0.6 is 11.6 Å². The molecule has 0 bridgehead atoms. The molecular weight excluding hydrogens is 490 g/mol. The fraction of sp³-hybridized carbons (Fsp3) is 0.250. The van der Waals surface area contributed by atoms with Crippen molar-refractivity contribution in [2.75, 3.05) is 23.7 Å². The van der Waals surface area contributed by atoms with Crippen molar-refractivity contribution in [3.8, 4) is 0 Å². The van der Waals surface area contributed by atoms with Gasteiger partial charge < -0.3 is 10.6 Å². The molecule has 0 spiro atoms. The average Bonchev–Trinajstić information content (AvgIpc) is 2.69. The number of nitrogens with zero attached hydrogens (tertiary/aromatic N) is 4. The predicted octanol–water partition coefficient (Wildman–Crippen LogP) is 5.22. The minimum absolute atomic E-state index is 0.129. The van der Waals surface area contributed by atoms with Gasteiger partial charge in [-0.25, -0.2) is 9.97 Å². The molecule has 0 fully saturated rings. The Kier molecular flexibility index (Phi) is 9.33. The third-order valence-electron chi connectivity index (χ3n) is 3.25. The minimum atomic E-state index is -4.49. The number of hydrogen-bond acceptors (Lipinski definition) is 8. The molecule has 180 valence electrons. The van der Waals surface area contributed by atoms with Crippen LogP contribution in [0, 0.1) is 20.2 Å². The highest BCUT2D eigenvalue weighted by molar-refractivity contribution is 6.29. The molecule has 0 aliphatic heterocycles. The number of halogens is 7. The van der Waals surface area contributed by atoms with Crippen LogP contribution in [0.4, 0.5) is 49.4 Å². The van der Waals surface area contributed by atoms with Crippen molar-refractivity contribution in [3.05, 3.63) is 61.9 Å². The first-order chi connectivity index (χ1) is 15.1. The summed E-state index contributed by atoms with van der Waals surface area (Å²) >= 11 is 5.42. The quantitative estimate of drug-likeness (QED) is 0.227. The third kappa shape index (κ3) is 9.98. The van der Waals surface area contributed by atoms with Gasteiger partial charge in [-0.3, -0.25) is 20.2 Å². The number of alkyl halides is 6. The summed E-state index contributed by atoms with van der Waals surface area (Å²) < 4.78 is 71.6. The molecule has 2 aromatic rings. The normalized spacial score (nSPS) is 11.1. The van der Waals surface area contributed by atoms with Crippen molar-refractivity contribution >= 4 is 40.7 Å². The summed E-state index contributed by atoms with van der Waals surface area (Å²) in [4.78, 5) is 26.4. The first-order valence-corrected chi connectivity index (χ1v) is 8.71. The second kappa shape index (κ2) is 11.3. The van der Waals surface area contributed by atoms with Gasteiger partial charge in [-0.15, -0.1) is 0 Å². The average molecular weight is 503 g/mol. The summed E-state index contributed by atoms with van der Waals surface area (Å²) in [6.07, 6.45) is -7.68. The zero-order chi connectivity index (χ0) is 25.4. The van der Waals surface area contributed by atoms with E-state index < -0.39 is 58.3 Å². The molecule has 0 unspecified atom stereocenters. The molecule has 33 heavy (non-hydrogen) atoms. The highest BCUT2D eigenvalue weighted by atomic mass is 35.5. The van der Waals surface area contributed by atoms with Gasteiger partial charge in [-0.1, -0.05) is 18.2 Å². The maximum absolute atomic E-state index is 12.0. The topological polar surface area (TPSA) is 136 Å². The van der Waals surface area contributed by atoms with Crippen LogP contribution in [0.5, 0.6) is 0 Å². The maximum Gasteiger partial charge on any atom is 0.405 e. The van der Waals surface area contributed by atoms with Gasteiger partial charge in [0.2, 0.25) is 11.6 Å². The van der Waals surface area contributed by atoms with Crippen LogP contribution in [0.3, 0.4) is 0 Å². The van der Waals surface area contributed by atoms with Gasteiger partial charge in [0.15, 0.2) is 0 Å². The van der Waals surface area contributed by atoms with Crippen molar-refractivity contribution < 1.29 is 36.2 Å². The first-order valence-electron chi connectivity index (χ1n) is 8.33. The SMILES string of the molecule is C=Cc1ccc([N+](=O)[O-])c(NCC(F)(F)F)n1.O=[N+]([O-])c1ccc(Cl)nc1NCC(F)(F)F. The third-order valence-corrected chi connectivity index (χ3v) is 3.46. The Morgan fingerprint density at radius 1 is 0.879 bits per heavy atom. The first kappa shape index (κ1) is 27.3. The molecule has 0 aromatic carbocycles. The highest BCUT2D eigenvalue weighted by Crippen LogP contribution is 2.26. The Morgan fingerprint density at radius 3 is 1.70 bits per heavy atom. The van der Waals surface area contributed by atoms with Gasteiger partial charge in [0.25, 0.3) is 0 Å². The molecule has 0 saturated heterocycles. The second-order valence-corrected chi connectivity index (χ2v) is 6.15. The van der Waals surface area contributed by atoms with Gasteiger partial charge >= 0.3 is 23.7 Å². The van der Waals surface area contributed by atoms with Crippen LogP contribution < -0.4 is 10.6 Å². The van der Waals surface area contributed by atoms with E-state index in [0.29, 0.717) is 0 Å². The van der Waals surface area contributed by atoms with E-state index in [1.807, 2.05) is 10.6 Å². The molecule has 0 radical (unpaired) electrons. The molecular formula is C16H13ClF6N6O4. The Morgan fingerprint density at radius 2 is 1.30 bits per heavy atom. The number of pyridine rings is 2. The van der Waals surface area contributed by atoms with Crippen molar-refractivity contribution in [3.63, 3.8) is 0 Å². The Bertz CT molecular complexity index is 1020. The lowest BCUT2D eigenvalue weighted by Crippen LogP contribution is -2.22. The monoisotopic (exact) mass is 502 g/mol. The Hall–Kier alpha value is -3.69. The zero-order valence-electron chi connectivity index (χ0n) is 16.1. The number of anilines is 2. The molecule has 0 atom stereocenters. The maximum atomic E-state index is 12.0. The lowest BCUT2D eigenvalue weighted by Gasteiger charge is -2.09. The lowest BCUT2D eigenvalue weighted by molar-refractivity contribution is -0.384. The fourth-order valence-corrected chi connectivity index (χ4v) is 2.08. The van der Waals surface area contributed by atoms with E-state index in [-0.39, 0.29) is 10.8 Å². The Balaban J connectivity index is 0.000000331. The lowest BCUT2D eigenvalue weighted by atomic mass is 10.3. The molecule has 0 saturated carbocycles. The molecule has 2 N–H and O–H groups in total. The minimum Gasteiger partial charge on any atom is -0.355 e. The summed E-state index contributed by atoms with van der Waals surface area (Å²) in [5, 5.41) is 24.6. The fourth-order valence-electron chi connectivity index (χ4n) is 1.93. The number of hydrogen-bond donors (Lipinski definition) is 2. The van der Waals surface area contributed by atoms with E-state index in [9.17, 15) is 46.6 Å². The van der Waals surface area contributed by atoms with E-state index in [2.05, 4.69) is 16.5 Å². The standard InChI is InChI=1S/C9H8F3N3O2.C7H5ClF3N3O2/c1-2-6-3-4-7(15(16)17)8(14-6)13-5-9(10,11)12;8-5-2-1-4(14(15)16)6(13-5)12-3-7(9,10)11/h2-4H,1,5H2,(H,13,14);1-2H,3H2,(H,12,13). The Labute approximate surface area is 185 Å². The molecule has 17 heteroatoms. The predicted molar refractivity (Wildman–Crippen MR) is 106 cm³/mol.